The summed E-state index contributed by atoms with van der Waals surface area (Å²) in [6.45, 7) is 3.98. The molecule has 6 heteroatoms. The average molecular weight is 314 g/mol. The Balaban J connectivity index is 2.37. The molecule has 2 N–H and O–H groups in total. The van der Waals surface area contributed by atoms with Crippen molar-refractivity contribution in [2.75, 3.05) is 6.61 Å². The molecule has 0 unspecified atom stereocenters. The maximum atomic E-state index is 11.7. The van der Waals surface area contributed by atoms with E-state index in [1.165, 1.54) is 0 Å². The van der Waals surface area contributed by atoms with Crippen LogP contribution in [0.15, 0.2) is 24.3 Å². The number of amides is 1. The van der Waals surface area contributed by atoms with Gasteiger partial charge in [0.15, 0.2) is 0 Å². The zero-order valence-corrected chi connectivity index (χ0v) is 12.9. The number of carboxylic acid groups (broad SMARTS) is 1. The largest absolute Gasteiger partial charge is 0.493 e. The Morgan fingerprint density at radius 2 is 2.10 bits per heavy atom. The van der Waals surface area contributed by atoms with Crippen LogP contribution < -0.4 is 10.1 Å². The van der Waals surface area contributed by atoms with Crippen LogP contribution in [0.25, 0.3) is 0 Å². The number of aliphatic carboxylic acids is 1. The third-order valence-corrected chi connectivity index (χ3v) is 2.97. The number of halogens is 1. The molecule has 116 valence electrons. The molecule has 0 radical (unpaired) electrons. The Hall–Kier alpha value is -1.75. The molecule has 0 aliphatic carbocycles. The molecule has 0 spiro atoms. The zero-order chi connectivity index (χ0) is 15.8. The number of carbonyl (C=O) groups is 2. The van der Waals surface area contributed by atoms with Gasteiger partial charge in [-0.1, -0.05) is 31.5 Å². The van der Waals surface area contributed by atoms with E-state index < -0.39 is 12.0 Å². The number of hydrogen-bond acceptors (Lipinski definition) is 3. The summed E-state index contributed by atoms with van der Waals surface area (Å²) >= 11 is 5.81. The van der Waals surface area contributed by atoms with Crippen molar-refractivity contribution in [3.63, 3.8) is 0 Å². The molecule has 1 aromatic rings. The summed E-state index contributed by atoms with van der Waals surface area (Å²) in [5.74, 6) is -0.598. The smallest absolute Gasteiger partial charge is 0.326 e. The SMILES string of the molecule is CC(C)C[C@@H](NC(=O)CCOc1cccc(Cl)c1)C(=O)O. The van der Waals surface area contributed by atoms with Gasteiger partial charge in [0.2, 0.25) is 5.91 Å². The van der Waals surface area contributed by atoms with E-state index in [1.807, 2.05) is 13.8 Å². The van der Waals surface area contributed by atoms with Crippen molar-refractivity contribution in [1.29, 1.82) is 0 Å². The van der Waals surface area contributed by atoms with Gasteiger partial charge in [-0.25, -0.2) is 4.79 Å². The van der Waals surface area contributed by atoms with Crippen LogP contribution >= 0.6 is 11.6 Å². The van der Waals surface area contributed by atoms with Crippen molar-refractivity contribution in [2.24, 2.45) is 5.92 Å². The molecule has 21 heavy (non-hydrogen) atoms. The maximum Gasteiger partial charge on any atom is 0.326 e. The Morgan fingerprint density at radius 3 is 2.67 bits per heavy atom. The monoisotopic (exact) mass is 313 g/mol. The molecule has 0 saturated heterocycles. The van der Waals surface area contributed by atoms with Gasteiger partial charge in [-0.15, -0.1) is 0 Å². The summed E-state index contributed by atoms with van der Waals surface area (Å²) in [6.07, 6.45) is 0.491. The van der Waals surface area contributed by atoms with E-state index in [2.05, 4.69) is 5.32 Å². The van der Waals surface area contributed by atoms with Crippen LogP contribution in [0.5, 0.6) is 5.75 Å². The number of carbonyl (C=O) groups excluding carboxylic acids is 1. The lowest BCUT2D eigenvalue weighted by atomic mass is 10.0. The summed E-state index contributed by atoms with van der Waals surface area (Å²) in [5.41, 5.74) is 0. The summed E-state index contributed by atoms with van der Waals surface area (Å²) < 4.78 is 5.39. The van der Waals surface area contributed by atoms with E-state index in [0.29, 0.717) is 17.2 Å². The Kier molecular flexibility index (Phi) is 7.02. The molecule has 1 atom stereocenters. The number of benzene rings is 1. The standard InChI is InChI=1S/C15H20ClNO4/c1-10(2)8-13(15(19)20)17-14(18)6-7-21-12-5-3-4-11(16)9-12/h3-5,9-10,13H,6-8H2,1-2H3,(H,17,18)(H,19,20)/t13-/m1/s1. The fraction of sp³-hybridized carbons (Fsp3) is 0.467. The molecule has 0 saturated carbocycles. The van der Waals surface area contributed by atoms with Crippen LogP contribution in [0.2, 0.25) is 5.02 Å². The second kappa shape index (κ2) is 8.52. The summed E-state index contributed by atoms with van der Waals surface area (Å²) in [5, 5.41) is 12.1. The molecule has 0 fully saturated rings. The Morgan fingerprint density at radius 1 is 1.38 bits per heavy atom. The fourth-order valence-corrected chi connectivity index (χ4v) is 1.96. The van der Waals surface area contributed by atoms with Crippen molar-refractivity contribution in [2.45, 2.75) is 32.7 Å². The second-order valence-corrected chi connectivity index (χ2v) is 5.58. The molecule has 0 heterocycles. The van der Waals surface area contributed by atoms with Crippen LogP contribution in [-0.2, 0) is 9.59 Å². The van der Waals surface area contributed by atoms with E-state index in [0.717, 1.165) is 0 Å². The van der Waals surface area contributed by atoms with Crippen LogP contribution in [0, 0.1) is 5.92 Å². The molecule has 0 aliphatic rings. The predicted octanol–water partition coefficient (Wildman–Crippen LogP) is 2.72. The van der Waals surface area contributed by atoms with E-state index >= 15 is 0 Å². The number of ether oxygens (including phenoxy) is 1. The fourth-order valence-electron chi connectivity index (χ4n) is 1.78. The summed E-state index contributed by atoms with van der Waals surface area (Å²) in [7, 11) is 0. The molecule has 0 aromatic heterocycles. The van der Waals surface area contributed by atoms with Gasteiger partial charge in [0, 0.05) is 5.02 Å². The summed E-state index contributed by atoms with van der Waals surface area (Å²) in [4.78, 5) is 22.8. The van der Waals surface area contributed by atoms with Crippen LogP contribution in [0.1, 0.15) is 26.7 Å². The second-order valence-electron chi connectivity index (χ2n) is 5.14. The molecule has 0 aliphatic heterocycles. The third-order valence-electron chi connectivity index (χ3n) is 2.73. The van der Waals surface area contributed by atoms with Gasteiger partial charge >= 0.3 is 5.97 Å². The molecular formula is C15H20ClNO4. The minimum atomic E-state index is -1.02. The highest BCUT2D eigenvalue weighted by molar-refractivity contribution is 6.30. The lowest BCUT2D eigenvalue weighted by molar-refractivity contribution is -0.142. The minimum absolute atomic E-state index is 0.0917. The molecule has 5 nitrogen and oxygen atoms in total. The van der Waals surface area contributed by atoms with Crippen molar-refractivity contribution >= 4 is 23.5 Å². The number of rotatable bonds is 8. The van der Waals surface area contributed by atoms with E-state index in [4.69, 9.17) is 21.4 Å². The van der Waals surface area contributed by atoms with Gasteiger partial charge in [0.1, 0.15) is 11.8 Å². The Bertz CT molecular complexity index is 490. The summed E-state index contributed by atoms with van der Waals surface area (Å²) in [6, 6.07) is 6.01. The van der Waals surface area contributed by atoms with Crippen LogP contribution in [-0.4, -0.2) is 29.6 Å². The van der Waals surface area contributed by atoms with Gasteiger partial charge in [0.25, 0.3) is 0 Å². The van der Waals surface area contributed by atoms with Crippen molar-refractivity contribution in [1.82, 2.24) is 5.32 Å². The van der Waals surface area contributed by atoms with Gasteiger partial charge < -0.3 is 15.2 Å². The first-order chi connectivity index (χ1) is 9.88. The third kappa shape index (κ3) is 6.99. The molecular weight excluding hydrogens is 294 g/mol. The zero-order valence-electron chi connectivity index (χ0n) is 12.1. The number of nitrogens with one attached hydrogen (secondary N) is 1. The Labute approximate surface area is 129 Å². The topological polar surface area (TPSA) is 75.6 Å². The predicted molar refractivity (Wildman–Crippen MR) is 80.6 cm³/mol. The quantitative estimate of drug-likeness (QED) is 0.773. The number of carboxylic acids is 1. The molecule has 1 rings (SSSR count). The first kappa shape index (κ1) is 17.3. The highest BCUT2D eigenvalue weighted by Gasteiger charge is 2.20. The van der Waals surface area contributed by atoms with E-state index in [1.54, 1.807) is 24.3 Å². The van der Waals surface area contributed by atoms with E-state index in [9.17, 15) is 9.59 Å². The maximum absolute atomic E-state index is 11.7. The molecule has 1 aromatic carbocycles. The highest BCUT2D eigenvalue weighted by atomic mass is 35.5. The van der Waals surface area contributed by atoms with Crippen LogP contribution in [0.3, 0.4) is 0 Å². The molecule has 0 bridgehead atoms. The van der Waals surface area contributed by atoms with Gasteiger partial charge in [0.05, 0.1) is 13.0 Å². The average Bonchev–Trinajstić information content (AvgIpc) is 2.37. The first-order valence-corrected chi connectivity index (χ1v) is 7.17. The van der Waals surface area contributed by atoms with Crippen molar-refractivity contribution in [3.8, 4) is 5.75 Å². The van der Waals surface area contributed by atoms with Crippen LogP contribution in [0.4, 0.5) is 0 Å². The lowest BCUT2D eigenvalue weighted by Crippen LogP contribution is -2.42. The van der Waals surface area contributed by atoms with Gasteiger partial charge in [-0.05, 0) is 30.5 Å². The highest BCUT2D eigenvalue weighted by Crippen LogP contribution is 2.17. The molecule has 1 amide bonds. The van der Waals surface area contributed by atoms with E-state index in [-0.39, 0.29) is 24.9 Å². The van der Waals surface area contributed by atoms with Gasteiger partial charge in [-0.3, -0.25) is 4.79 Å². The number of hydrogen-bond donors (Lipinski definition) is 2. The lowest BCUT2D eigenvalue weighted by Gasteiger charge is -2.16. The van der Waals surface area contributed by atoms with Crippen molar-refractivity contribution in [3.05, 3.63) is 29.3 Å². The minimum Gasteiger partial charge on any atom is -0.493 e. The normalized spacial score (nSPS) is 12.0. The first-order valence-electron chi connectivity index (χ1n) is 6.79. The van der Waals surface area contributed by atoms with Crippen molar-refractivity contribution < 1.29 is 19.4 Å². The van der Waals surface area contributed by atoms with Gasteiger partial charge in [-0.2, -0.15) is 0 Å².